The lowest BCUT2D eigenvalue weighted by molar-refractivity contribution is 0.0457. The second kappa shape index (κ2) is 7.03. The number of rotatable bonds is 6. The lowest BCUT2D eigenvalue weighted by atomic mass is 10.1. The molecule has 1 atom stereocenters. The lowest BCUT2D eigenvalue weighted by Gasteiger charge is -2.40. The highest BCUT2D eigenvalue weighted by Gasteiger charge is 2.25. The Hall–Kier alpha value is -0.910. The van der Waals surface area contributed by atoms with Crippen LogP contribution in [0.15, 0.2) is 10.6 Å². The molecule has 19 heavy (non-hydrogen) atoms. The molecule has 5 nitrogen and oxygen atoms in total. The summed E-state index contributed by atoms with van der Waals surface area (Å²) in [7, 11) is 1.77. The van der Waals surface area contributed by atoms with Crippen molar-refractivity contribution in [2.45, 2.75) is 32.9 Å². The third-order valence-corrected chi connectivity index (χ3v) is 3.81. The van der Waals surface area contributed by atoms with Crippen molar-refractivity contribution in [1.82, 2.24) is 15.0 Å². The van der Waals surface area contributed by atoms with Crippen molar-refractivity contribution in [1.29, 1.82) is 0 Å². The van der Waals surface area contributed by atoms with Crippen molar-refractivity contribution in [2.24, 2.45) is 0 Å². The SMILES string of the molecule is CC[C@@H]1CN(Cc2cc(C)on2)CCN1CCOC. The van der Waals surface area contributed by atoms with Gasteiger partial charge < -0.3 is 9.26 Å². The molecule has 1 fully saturated rings. The Labute approximate surface area is 115 Å². The van der Waals surface area contributed by atoms with E-state index in [2.05, 4.69) is 21.9 Å². The highest BCUT2D eigenvalue weighted by Crippen LogP contribution is 2.15. The zero-order chi connectivity index (χ0) is 13.7. The molecule has 108 valence electrons. The first-order valence-corrected chi connectivity index (χ1v) is 7.10. The third-order valence-electron chi connectivity index (χ3n) is 3.81. The molecule has 2 rings (SSSR count). The molecule has 2 heterocycles. The average molecular weight is 267 g/mol. The molecule has 1 saturated heterocycles. The fourth-order valence-electron chi connectivity index (χ4n) is 2.71. The van der Waals surface area contributed by atoms with E-state index in [-0.39, 0.29) is 0 Å². The summed E-state index contributed by atoms with van der Waals surface area (Å²) in [5.41, 5.74) is 1.04. The summed E-state index contributed by atoms with van der Waals surface area (Å²) in [6.45, 7) is 10.2. The standard InChI is InChI=1S/C14H25N3O2/c1-4-14-11-16(5-6-17(14)7-8-18-3)10-13-9-12(2)19-15-13/h9,14H,4-8,10-11H2,1-3H3/t14-/m1/s1. The third kappa shape index (κ3) is 4.03. The number of hydrogen-bond donors (Lipinski definition) is 0. The van der Waals surface area contributed by atoms with Gasteiger partial charge in [0, 0.05) is 51.9 Å². The molecule has 1 aliphatic heterocycles. The smallest absolute Gasteiger partial charge is 0.133 e. The van der Waals surface area contributed by atoms with E-state index in [1.165, 1.54) is 6.42 Å². The van der Waals surface area contributed by atoms with Crippen LogP contribution in [-0.4, -0.2) is 60.9 Å². The van der Waals surface area contributed by atoms with E-state index >= 15 is 0 Å². The summed E-state index contributed by atoms with van der Waals surface area (Å²) in [6, 6.07) is 2.65. The molecular weight excluding hydrogens is 242 g/mol. The molecule has 0 saturated carbocycles. The molecule has 1 aromatic rings. The molecule has 0 aromatic carbocycles. The van der Waals surface area contributed by atoms with Crippen molar-refractivity contribution in [3.63, 3.8) is 0 Å². The normalized spacial score (nSPS) is 21.9. The van der Waals surface area contributed by atoms with Crippen LogP contribution < -0.4 is 0 Å². The Bertz CT molecular complexity index is 381. The van der Waals surface area contributed by atoms with Gasteiger partial charge >= 0.3 is 0 Å². The zero-order valence-electron chi connectivity index (χ0n) is 12.3. The lowest BCUT2D eigenvalue weighted by Crippen LogP contribution is -2.53. The summed E-state index contributed by atoms with van der Waals surface area (Å²) < 4.78 is 10.3. The number of hydrogen-bond acceptors (Lipinski definition) is 5. The van der Waals surface area contributed by atoms with Crippen molar-refractivity contribution >= 4 is 0 Å². The molecule has 0 amide bonds. The van der Waals surface area contributed by atoms with Crippen LogP contribution in [0.2, 0.25) is 0 Å². The van der Waals surface area contributed by atoms with Gasteiger partial charge in [0.25, 0.3) is 0 Å². The van der Waals surface area contributed by atoms with Gasteiger partial charge in [-0.1, -0.05) is 12.1 Å². The van der Waals surface area contributed by atoms with Crippen LogP contribution in [0.25, 0.3) is 0 Å². The number of aryl methyl sites for hydroxylation is 1. The monoisotopic (exact) mass is 267 g/mol. The van der Waals surface area contributed by atoms with E-state index in [4.69, 9.17) is 9.26 Å². The summed E-state index contributed by atoms with van der Waals surface area (Å²) in [5.74, 6) is 0.890. The first-order chi connectivity index (χ1) is 9.22. The van der Waals surface area contributed by atoms with Crippen LogP contribution in [0.5, 0.6) is 0 Å². The summed E-state index contributed by atoms with van der Waals surface area (Å²) in [6.07, 6.45) is 1.18. The Balaban J connectivity index is 1.85. The maximum Gasteiger partial charge on any atom is 0.133 e. The molecule has 0 unspecified atom stereocenters. The summed E-state index contributed by atoms with van der Waals surface area (Å²) in [5, 5.41) is 4.08. The Morgan fingerprint density at radius 3 is 2.95 bits per heavy atom. The average Bonchev–Trinajstić information content (AvgIpc) is 2.82. The molecule has 0 radical (unpaired) electrons. The van der Waals surface area contributed by atoms with Gasteiger partial charge in [-0.05, 0) is 13.3 Å². The van der Waals surface area contributed by atoms with Gasteiger partial charge in [0.15, 0.2) is 0 Å². The van der Waals surface area contributed by atoms with Gasteiger partial charge in [-0.15, -0.1) is 0 Å². The maximum absolute atomic E-state index is 5.18. The topological polar surface area (TPSA) is 41.7 Å². The van der Waals surface area contributed by atoms with Crippen molar-refractivity contribution in [3.05, 3.63) is 17.5 Å². The molecule has 0 bridgehead atoms. The second-order valence-corrected chi connectivity index (χ2v) is 5.25. The van der Waals surface area contributed by atoms with Crippen LogP contribution in [0.1, 0.15) is 24.8 Å². The Morgan fingerprint density at radius 1 is 1.47 bits per heavy atom. The quantitative estimate of drug-likeness (QED) is 0.782. The summed E-state index contributed by atoms with van der Waals surface area (Å²) >= 11 is 0. The van der Waals surface area contributed by atoms with Crippen LogP contribution in [-0.2, 0) is 11.3 Å². The largest absolute Gasteiger partial charge is 0.383 e. The Kier molecular flexibility index (Phi) is 5.36. The summed E-state index contributed by atoms with van der Waals surface area (Å²) in [4.78, 5) is 5.00. The van der Waals surface area contributed by atoms with Crippen molar-refractivity contribution in [2.75, 3.05) is 39.9 Å². The molecule has 5 heteroatoms. The fraction of sp³-hybridized carbons (Fsp3) is 0.786. The number of ether oxygens (including phenoxy) is 1. The van der Waals surface area contributed by atoms with E-state index in [9.17, 15) is 0 Å². The van der Waals surface area contributed by atoms with Crippen molar-refractivity contribution in [3.8, 4) is 0 Å². The first kappa shape index (κ1) is 14.5. The minimum Gasteiger partial charge on any atom is -0.383 e. The van der Waals surface area contributed by atoms with E-state index in [1.54, 1.807) is 7.11 Å². The van der Waals surface area contributed by atoms with Gasteiger partial charge in [0.05, 0.1) is 12.3 Å². The van der Waals surface area contributed by atoms with Crippen LogP contribution in [0.3, 0.4) is 0 Å². The minimum atomic E-state index is 0.622. The number of methoxy groups -OCH3 is 1. The number of nitrogens with zero attached hydrogens (tertiary/aromatic N) is 3. The van der Waals surface area contributed by atoms with Crippen molar-refractivity contribution < 1.29 is 9.26 Å². The van der Waals surface area contributed by atoms with E-state index in [0.717, 1.165) is 50.8 Å². The predicted octanol–water partition coefficient (Wildman–Crippen LogP) is 1.53. The molecule has 0 aliphatic carbocycles. The van der Waals surface area contributed by atoms with E-state index < -0.39 is 0 Å². The van der Waals surface area contributed by atoms with Gasteiger partial charge in [-0.25, -0.2) is 0 Å². The molecule has 0 spiro atoms. The number of piperazine rings is 1. The zero-order valence-corrected chi connectivity index (χ0v) is 12.3. The molecule has 1 aliphatic rings. The fourth-order valence-corrected chi connectivity index (χ4v) is 2.71. The highest BCUT2D eigenvalue weighted by molar-refractivity contribution is 5.03. The van der Waals surface area contributed by atoms with E-state index in [0.29, 0.717) is 6.04 Å². The van der Waals surface area contributed by atoms with Gasteiger partial charge in [0.2, 0.25) is 0 Å². The molecular formula is C14H25N3O2. The Morgan fingerprint density at radius 2 is 2.32 bits per heavy atom. The van der Waals surface area contributed by atoms with Crippen LogP contribution in [0, 0.1) is 6.92 Å². The first-order valence-electron chi connectivity index (χ1n) is 7.10. The molecule has 1 aromatic heterocycles. The van der Waals surface area contributed by atoms with Gasteiger partial charge in [-0.3, -0.25) is 9.80 Å². The van der Waals surface area contributed by atoms with Crippen LogP contribution in [0.4, 0.5) is 0 Å². The minimum absolute atomic E-state index is 0.622. The van der Waals surface area contributed by atoms with Gasteiger partial charge in [-0.2, -0.15) is 0 Å². The highest BCUT2D eigenvalue weighted by atomic mass is 16.5. The van der Waals surface area contributed by atoms with Gasteiger partial charge in [0.1, 0.15) is 5.76 Å². The predicted molar refractivity (Wildman–Crippen MR) is 74.0 cm³/mol. The molecule has 0 N–H and O–H groups in total. The van der Waals surface area contributed by atoms with Crippen LogP contribution >= 0.6 is 0 Å². The second-order valence-electron chi connectivity index (χ2n) is 5.25. The van der Waals surface area contributed by atoms with E-state index in [1.807, 2.05) is 13.0 Å². The number of aromatic nitrogens is 1. The maximum atomic E-state index is 5.18.